The molecule has 0 atom stereocenters. The maximum atomic E-state index is 13.8. The maximum Gasteiger partial charge on any atom is 0.420 e. The number of carbonyl (C=O) groups excluding carboxylic acids is 5. The first-order valence-electron chi connectivity index (χ1n) is 46.4. The van der Waals surface area contributed by atoms with E-state index in [-0.39, 0.29) is 82.2 Å². The number of likely N-dealkylation sites (N-methyl/N-ethyl adjacent to an activating group) is 1. The van der Waals surface area contributed by atoms with E-state index in [1.165, 1.54) is 43.7 Å². The third kappa shape index (κ3) is 30.2. The number of nitrogens with zero attached hydrogens (tertiary/aromatic N) is 10. The van der Waals surface area contributed by atoms with Crippen molar-refractivity contribution >= 4 is 102 Å². The third-order valence-corrected chi connectivity index (χ3v) is 23.3. The van der Waals surface area contributed by atoms with E-state index in [0.29, 0.717) is 56.6 Å². The molecule has 24 nitrogen and oxygen atoms in total. The highest BCUT2D eigenvalue weighted by atomic mass is 19.4. The molecule has 0 aliphatic carbocycles. The average molecular weight is 2030 g/mol. The zero-order chi connectivity index (χ0) is 107. The highest BCUT2D eigenvalue weighted by Crippen LogP contribution is 2.41. The van der Waals surface area contributed by atoms with Crippen molar-refractivity contribution in [2.24, 2.45) is 16.5 Å². The van der Waals surface area contributed by atoms with E-state index in [1.807, 2.05) is 88.9 Å². The van der Waals surface area contributed by atoms with Crippen LogP contribution in [0.15, 0.2) is 267 Å². The predicted molar refractivity (Wildman–Crippen MR) is 550 cm³/mol. The second-order valence-corrected chi connectivity index (χ2v) is 33.8. The summed E-state index contributed by atoms with van der Waals surface area (Å²) in [6, 6.07) is 49.1. The Balaban J connectivity index is 0.000000166. The summed E-state index contributed by atoms with van der Waals surface area (Å²) < 4.78 is 168. The number of aryl methyl sites for hydroxylation is 4. The van der Waals surface area contributed by atoms with Gasteiger partial charge < -0.3 is 53.0 Å². The normalized spacial score (nSPS) is 11.7. The lowest BCUT2D eigenvalue weighted by molar-refractivity contribution is -0.139. The molecule has 7 heterocycles. The van der Waals surface area contributed by atoms with Gasteiger partial charge in [-0.25, -0.2) is 19.9 Å². The molecule has 6 aromatic heterocycles. The fourth-order valence-corrected chi connectivity index (χ4v) is 15.3. The molecule has 0 saturated carbocycles. The van der Waals surface area contributed by atoms with Gasteiger partial charge in [-0.15, -0.1) is 0 Å². The van der Waals surface area contributed by atoms with Gasteiger partial charge in [-0.05, 0) is 228 Å². The molecule has 36 heteroatoms. The molecule has 0 unspecified atom stereocenters. The molecule has 758 valence electrons. The van der Waals surface area contributed by atoms with Crippen LogP contribution in [0.3, 0.4) is 0 Å². The number of nitrogens with one attached hydrogen (secondary N) is 6. The minimum atomic E-state index is -4.69. The molecular formula is C113H96F12N18O6. The van der Waals surface area contributed by atoms with E-state index in [0.717, 1.165) is 148 Å². The number of benzene rings is 9. The Kier molecular flexibility index (Phi) is 36.1. The number of nitrogens with two attached hydrogens (primary N) is 2. The van der Waals surface area contributed by atoms with Crippen LogP contribution in [0.25, 0.3) is 32.4 Å². The number of anilines is 5. The standard InChI is InChI=1S/C32H31F3N4O2.C31H26F3N3O.C26H19F3N6O.C24H20F3N5O2/c1-4-39(5-2)16-7-17-41-29-14-13-27(19-28(29)32(33,34)35)38-31(40)24-10-9-22(3)23(18-24)11-12-26-21-36-20-25-8-6-15-37-30(25)26;1-21-8-9-23(16-22(21)10-11-25-19-35-18-24-6-2-3-7-28(24)25)30(38)36-27-13-12-26(20-37-14-4-5-15-37)29(17-27)31(32,33)34;1-15-5-6-17(24(36)35-23-12-19(9-10-33-23)26(27,28)29)11-16(15)7-8-18-13-32-14-21-20(18)3-2-4-22(21)34-25(30)31;1-15-3-5-18(9-17(15)6-4-16-11-29-14-30-12-16)23(34)32-19-7-8-21(31-13-22(33)28-2)20(10-19)24(25,26)27/h6,8-10,13-15,18-21H,4-5,7,16-17H2,1-3H3,(H,38,40);2-3,6-9,12-13,16-19H,4-5,14-15,20H2,1H3,(H,36,38);2-6,9-14H,1H3,(H4,30,31,34)(H,33,35,36);3,5,7-12,14,31H,13H2,1-2H3,(H,28,33)(H,32,34). The summed E-state index contributed by atoms with van der Waals surface area (Å²) in [6.07, 6.45) is 1.42. The zero-order valence-electron chi connectivity index (χ0n) is 81.2. The van der Waals surface area contributed by atoms with E-state index in [1.54, 1.807) is 141 Å². The van der Waals surface area contributed by atoms with Crippen molar-refractivity contribution in [3.8, 4) is 53.1 Å². The molecule has 10 N–H and O–H groups in total. The number of fused-ring (bicyclic) bond motifs is 3. The lowest BCUT2D eigenvalue weighted by atomic mass is 10.0. The topological polar surface area (TPSA) is 328 Å². The maximum absolute atomic E-state index is 13.8. The van der Waals surface area contributed by atoms with Crippen molar-refractivity contribution in [3.05, 3.63) is 379 Å². The van der Waals surface area contributed by atoms with Crippen LogP contribution in [-0.4, -0.2) is 133 Å². The van der Waals surface area contributed by atoms with Gasteiger partial charge in [0, 0.05) is 176 Å². The highest BCUT2D eigenvalue weighted by Gasteiger charge is 2.38. The smallest absolute Gasteiger partial charge is 0.420 e. The number of ether oxygens (including phenoxy) is 1. The van der Waals surface area contributed by atoms with Crippen LogP contribution in [0.2, 0.25) is 0 Å². The number of guanidine groups is 1. The van der Waals surface area contributed by atoms with Crippen molar-refractivity contribution in [1.82, 2.24) is 50.0 Å². The number of aromatic nitrogens is 7. The molecule has 1 aliphatic heterocycles. The summed E-state index contributed by atoms with van der Waals surface area (Å²) in [5.41, 5.74) is 18.2. The van der Waals surface area contributed by atoms with Gasteiger partial charge in [-0.2, -0.15) is 52.7 Å². The van der Waals surface area contributed by atoms with Gasteiger partial charge in [-0.1, -0.05) is 128 Å². The van der Waals surface area contributed by atoms with Gasteiger partial charge in [0.1, 0.15) is 17.9 Å². The summed E-state index contributed by atoms with van der Waals surface area (Å²) in [4.78, 5) is 99.7. The number of alkyl halides is 12. The SMILES string of the molecule is CCN(CC)CCCOc1ccc(NC(=O)c2ccc(C)c(C#Cc3cncc4cccnc34)c2)cc1C(F)(F)F.CNC(=O)CNc1ccc(NC(=O)c2ccc(C)c(C#Cc3cncnc3)c2)cc1C(F)(F)F.Cc1ccc(C(=O)Nc2cc(C(F)(F)F)ccn2)cc1C#Cc1cncc2c(N=C(N)N)cccc12.Cc1ccc(C(=O)Nc2ccc(CN3CCCC3)c(C(F)(F)F)c2)cc1C#Cc1cncc2ccccc12. The largest absolute Gasteiger partial charge is 0.493 e. The molecule has 5 amide bonds. The molecule has 9 aromatic carbocycles. The van der Waals surface area contributed by atoms with Crippen LogP contribution < -0.4 is 48.1 Å². The van der Waals surface area contributed by atoms with E-state index in [2.05, 4.69) is 124 Å². The Morgan fingerprint density at radius 3 is 1.48 bits per heavy atom. The number of pyridine rings is 5. The quantitative estimate of drug-likeness (QED) is 0.0109. The molecule has 0 spiro atoms. The van der Waals surface area contributed by atoms with Crippen LogP contribution in [0.5, 0.6) is 5.75 Å². The van der Waals surface area contributed by atoms with Gasteiger partial charge in [-0.3, -0.25) is 48.8 Å². The van der Waals surface area contributed by atoms with Crippen LogP contribution in [-0.2, 0) is 36.0 Å². The summed E-state index contributed by atoms with van der Waals surface area (Å²) in [5, 5.41) is 19.2. The molecular weight excluding hydrogens is 1930 g/mol. The van der Waals surface area contributed by atoms with Crippen LogP contribution in [0, 0.1) is 75.1 Å². The van der Waals surface area contributed by atoms with Crippen LogP contribution >= 0.6 is 0 Å². The van der Waals surface area contributed by atoms with Crippen molar-refractivity contribution in [1.29, 1.82) is 0 Å². The van der Waals surface area contributed by atoms with Crippen molar-refractivity contribution in [2.45, 2.75) is 92.1 Å². The van der Waals surface area contributed by atoms with E-state index < -0.39 is 76.5 Å². The highest BCUT2D eigenvalue weighted by molar-refractivity contribution is 6.07. The molecule has 1 fully saturated rings. The summed E-state index contributed by atoms with van der Waals surface area (Å²) in [5.74, 6) is 21.1. The second kappa shape index (κ2) is 49.6. The first kappa shape index (κ1) is 108. The summed E-state index contributed by atoms with van der Waals surface area (Å²) in [6.45, 7) is 15.6. The number of likely N-dealkylation sites (tertiary alicyclic amines) is 1. The number of amides is 5. The third-order valence-electron chi connectivity index (χ3n) is 23.3. The molecule has 1 saturated heterocycles. The zero-order valence-corrected chi connectivity index (χ0v) is 81.2. The minimum Gasteiger partial charge on any atom is -0.493 e. The number of rotatable bonds is 21. The molecule has 1 aliphatic rings. The first-order chi connectivity index (χ1) is 71.2. The lowest BCUT2D eigenvalue weighted by Gasteiger charge is -2.20. The van der Waals surface area contributed by atoms with Crippen molar-refractivity contribution in [2.75, 3.05) is 79.5 Å². The second-order valence-electron chi connectivity index (χ2n) is 33.8. The van der Waals surface area contributed by atoms with Crippen LogP contribution in [0.1, 0.15) is 169 Å². The molecule has 16 rings (SSSR count). The van der Waals surface area contributed by atoms with Gasteiger partial charge in [0.05, 0.1) is 68.9 Å². The number of aliphatic imine (C=N–C) groups is 1. The van der Waals surface area contributed by atoms with Gasteiger partial charge in [0.25, 0.3) is 23.6 Å². The molecule has 149 heavy (non-hydrogen) atoms. The number of carbonyl (C=O) groups is 5. The summed E-state index contributed by atoms with van der Waals surface area (Å²) in [7, 11) is 1.38. The van der Waals surface area contributed by atoms with E-state index in [4.69, 9.17) is 16.2 Å². The predicted octanol–water partition coefficient (Wildman–Crippen LogP) is 21.7. The first-order valence-corrected chi connectivity index (χ1v) is 46.4. The number of hydrogen-bond donors (Lipinski definition) is 8. The number of hydrogen-bond acceptors (Lipinski definition) is 17. The van der Waals surface area contributed by atoms with Gasteiger partial charge >= 0.3 is 24.7 Å². The lowest BCUT2D eigenvalue weighted by Crippen LogP contribution is -2.27. The Morgan fingerprint density at radius 1 is 0.443 bits per heavy atom. The Labute approximate surface area is 849 Å². The molecule has 0 radical (unpaired) electrons. The van der Waals surface area contributed by atoms with Gasteiger partial charge in [0.15, 0.2) is 5.96 Å². The molecule has 15 aromatic rings. The monoisotopic (exact) mass is 2030 g/mol. The minimum absolute atomic E-state index is 0.0129. The average Bonchev–Trinajstić information content (AvgIpc) is 1.68. The van der Waals surface area contributed by atoms with E-state index in [9.17, 15) is 76.7 Å². The Bertz CT molecular complexity index is 7780. The molecule has 0 bridgehead atoms. The van der Waals surface area contributed by atoms with E-state index >= 15 is 0 Å². The van der Waals surface area contributed by atoms with Crippen molar-refractivity contribution in [3.63, 3.8) is 0 Å². The fourth-order valence-electron chi connectivity index (χ4n) is 15.3. The van der Waals surface area contributed by atoms with Crippen molar-refractivity contribution < 1.29 is 81.4 Å². The Morgan fingerprint density at radius 2 is 0.926 bits per heavy atom. The fraction of sp³-hybridized carbons (Fsp3) is 0.195. The Hall–Kier alpha value is -17.9. The summed E-state index contributed by atoms with van der Waals surface area (Å²) >= 11 is 0. The van der Waals surface area contributed by atoms with Gasteiger partial charge in [0.2, 0.25) is 5.91 Å². The number of halogens is 12. The van der Waals surface area contributed by atoms with Crippen LogP contribution in [0.4, 0.5) is 86.9 Å².